The Kier molecular flexibility index (Phi) is 25.0. The minimum absolute atomic E-state index is 0.00313. The largest absolute Gasteiger partial charge is 0.378 e. The number of ether oxygens (including phenoxy) is 8. The number of pyridine rings is 4. The predicted molar refractivity (Wildman–Crippen MR) is 403 cm³/mol. The van der Waals surface area contributed by atoms with E-state index in [9.17, 15) is 19.2 Å². The number of para-hydroxylation sites is 4. The van der Waals surface area contributed by atoms with Crippen molar-refractivity contribution in [3.63, 3.8) is 0 Å². The van der Waals surface area contributed by atoms with E-state index < -0.39 is 29.0 Å². The molecule has 28 nitrogen and oxygen atoms in total. The molecular formula is C77H92N16O12. The van der Waals surface area contributed by atoms with Gasteiger partial charge in [-0.25, -0.2) is 39.9 Å². The number of carbonyl (C=O) groups is 4. The van der Waals surface area contributed by atoms with E-state index in [1.54, 1.807) is 25.3 Å². The van der Waals surface area contributed by atoms with Crippen molar-refractivity contribution in [3.05, 3.63) is 122 Å². The Balaban J connectivity index is 0.703. The number of amides is 4. The standard InChI is InChI=1S/C77H92N16O12/c1-49(2)33-90-45-78-65-69(90)53-17-9-13-21-57(53)82-73(65)86-61(94)37-98-25-29-102-41-77(42-103-30-26-99-38-62(95)87-74-66-70(91(46-79-66)34-50(3)4)54-18-10-14-22-58(54)83-74,43-104-31-27-100-39-63(96)88-75-67-71(92(47-80-67)35-51(5)6)55-19-11-15-23-59(55)84-75)44-105-32-28-101-40-64(97)89-76-68-72(93(48-81-68)36-52(7)8)56-20-12-16-24-60(56)85-76/h9-24,45-52H,25-44H2,1-8H3,(H,82,86,94)(H,83,87,95)(H,84,88,96)(H,85,89,97). The summed E-state index contributed by atoms with van der Waals surface area (Å²) in [6, 6.07) is 31.0. The second-order valence-corrected chi connectivity index (χ2v) is 28.0. The van der Waals surface area contributed by atoms with E-state index in [1.807, 2.05) is 97.1 Å². The minimum atomic E-state index is -1.04. The molecule has 105 heavy (non-hydrogen) atoms. The Morgan fingerprint density at radius 1 is 0.324 bits per heavy atom. The molecule has 0 saturated heterocycles. The highest BCUT2D eigenvalue weighted by Gasteiger charge is 2.33. The maximum Gasteiger partial charge on any atom is 0.251 e. The van der Waals surface area contributed by atoms with Gasteiger partial charge in [0.25, 0.3) is 23.6 Å². The van der Waals surface area contributed by atoms with Crippen molar-refractivity contribution in [2.24, 2.45) is 29.1 Å². The monoisotopic (exact) mass is 1430 g/mol. The number of fused-ring (bicyclic) bond motifs is 12. The van der Waals surface area contributed by atoms with Gasteiger partial charge in [-0.1, -0.05) is 128 Å². The summed E-state index contributed by atoms with van der Waals surface area (Å²) in [4.78, 5) is 92.0. The molecule has 12 rings (SSSR count). The van der Waals surface area contributed by atoms with Crippen LogP contribution in [0.15, 0.2) is 122 Å². The lowest BCUT2D eigenvalue weighted by molar-refractivity contribution is -0.129. The number of nitrogens with zero attached hydrogens (tertiary/aromatic N) is 12. The number of imidazole rings is 4. The zero-order chi connectivity index (χ0) is 73.4. The van der Waals surface area contributed by atoms with Gasteiger partial charge < -0.3 is 77.4 Å². The van der Waals surface area contributed by atoms with E-state index in [2.05, 4.69) is 115 Å². The highest BCUT2D eigenvalue weighted by Crippen LogP contribution is 2.34. The van der Waals surface area contributed by atoms with Crippen LogP contribution in [-0.4, -0.2) is 187 Å². The maximum atomic E-state index is 13.6. The molecule has 0 unspecified atom stereocenters. The Hall–Kier alpha value is -10.0. The SMILES string of the molecule is CC(C)Cn1cnc2c(NC(=O)COCCOCC(COCCOCC(=O)Nc3nc4ccccc4c4c3ncn4CC(C)C)(COCCOCC(=O)Nc3nc4ccccc4c4c3ncn4CC(C)C)COCCOCC(=O)Nc3nc4ccccc4c4c3ncn4CC(C)C)nc3ccccc3c21. The van der Waals surface area contributed by atoms with Crippen molar-refractivity contribution in [3.8, 4) is 0 Å². The van der Waals surface area contributed by atoms with Crippen molar-refractivity contribution in [2.45, 2.75) is 81.6 Å². The topological polar surface area (TPSA) is 313 Å². The summed E-state index contributed by atoms with van der Waals surface area (Å²) in [6.07, 6.45) is 7.10. The van der Waals surface area contributed by atoms with Crippen molar-refractivity contribution in [1.82, 2.24) is 58.1 Å². The van der Waals surface area contributed by atoms with Crippen LogP contribution >= 0.6 is 0 Å². The molecule has 12 aromatic rings. The molecule has 0 aliphatic heterocycles. The molecule has 0 fully saturated rings. The Morgan fingerprint density at radius 3 is 0.752 bits per heavy atom. The van der Waals surface area contributed by atoms with E-state index in [-0.39, 0.29) is 106 Å². The normalized spacial score (nSPS) is 12.2. The first-order valence-electron chi connectivity index (χ1n) is 35.7. The van der Waals surface area contributed by atoms with Crippen LogP contribution in [0, 0.1) is 29.1 Å². The molecule has 0 spiro atoms. The molecule has 4 N–H and O–H groups in total. The summed E-state index contributed by atoms with van der Waals surface area (Å²) < 4.78 is 57.3. The number of anilines is 4. The van der Waals surface area contributed by atoms with Crippen LogP contribution in [0.4, 0.5) is 23.3 Å². The molecule has 28 heteroatoms. The molecule has 0 aliphatic carbocycles. The lowest BCUT2D eigenvalue weighted by Gasteiger charge is -2.33. The number of rotatable bonds is 40. The minimum Gasteiger partial charge on any atom is -0.378 e. The van der Waals surface area contributed by atoms with E-state index >= 15 is 0 Å². The lowest BCUT2D eigenvalue weighted by Crippen LogP contribution is -2.43. The summed E-state index contributed by atoms with van der Waals surface area (Å²) in [6.45, 7) is 19.1. The molecule has 4 aromatic carbocycles. The van der Waals surface area contributed by atoms with E-state index in [4.69, 9.17) is 57.8 Å². The van der Waals surface area contributed by atoms with Gasteiger partial charge in [0.1, 0.15) is 48.5 Å². The van der Waals surface area contributed by atoms with E-state index in [0.717, 1.165) is 69.8 Å². The van der Waals surface area contributed by atoms with Gasteiger partial charge in [0.2, 0.25) is 0 Å². The van der Waals surface area contributed by atoms with Gasteiger partial charge in [-0.05, 0) is 47.9 Å². The first-order chi connectivity index (χ1) is 51.0. The van der Waals surface area contributed by atoms with Gasteiger partial charge in [-0.3, -0.25) is 19.2 Å². The highest BCUT2D eigenvalue weighted by atomic mass is 16.6. The summed E-state index contributed by atoms with van der Waals surface area (Å²) in [7, 11) is 0. The van der Waals surface area contributed by atoms with Crippen LogP contribution in [0.25, 0.3) is 87.7 Å². The van der Waals surface area contributed by atoms with Crippen LogP contribution in [-0.2, 0) is 83.3 Å². The van der Waals surface area contributed by atoms with Gasteiger partial charge in [0, 0.05) is 47.7 Å². The fourth-order valence-electron chi connectivity index (χ4n) is 12.8. The number of benzene rings is 4. The predicted octanol–water partition coefficient (Wildman–Crippen LogP) is 10.9. The third-order valence-electron chi connectivity index (χ3n) is 17.1. The Bertz CT molecular complexity index is 4390. The average Bonchev–Trinajstić information content (AvgIpc) is 1.66. The maximum absolute atomic E-state index is 13.6. The van der Waals surface area contributed by atoms with Gasteiger partial charge in [-0.15, -0.1) is 0 Å². The van der Waals surface area contributed by atoms with Crippen LogP contribution in [0.5, 0.6) is 0 Å². The summed E-state index contributed by atoms with van der Waals surface area (Å²) >= 11 is 0. The molecule has 0 bridgehead atoms. The fraction of sp³-hybridized carbons (Fsp3) is 0.429. The molecule has 0 aliphatic rings. The smallest absolute Gasteiger partial charge is 0.251 e. The van der Waals surface area contributed by atoms with Gasteiger partial charge in [0.05, 0.1) is 154 Å². The zero-order valence-electron chi connectivity index (χ0n) is 60.8. The molecule has 552 valence electrons. The molecule has 0 radical (unpaired) electrons. The Labute approximate surface area is 607 Å². The van der Waals surface area contributed by atoms with Crippen LogP contribution in [0.3, 0.4) is 0 Å². The number of hydrogen-bond donors (Lipinski definition) is 4. The van der Waals surface area contributed by atoms with Crippen LogP contribution in [0.1, 0.15) is 55.4 Å². The second kappa shape index (κ2) is 35.2. The van der Waals surface area contributed by atoms with Gasteiger partial charge >= 0.3 is 0 Å². The van der Waals surface area contributed by atoms with Crippen LogP contribution < -0.4 is 21.3 Å². The first kappa shape index (κ1) is 74.7. The van der Waals surface area contributed by atoms with E-state index in [0.29, 0.717) is 91.1 Å². The third kappa shape index (κ3) is 18.7. The quantitative estimate of drug-likeness (QED) is 0.0259. The fourth-order valence-corrected chi connectivity index (χ4v) is 12.8. The van der Waals surface area contributed by atoms with Crippen molar-refractivity contribution in [2.75, 3.05) is 127 Å². The number of nitrogens with one attached hydrogen (secondary N) is 4. The lowest BCUT2D eigenvalue weighted by atomic mass is 9.92. The molecule has 0 atom stereocenters. The summed E-state index contributed by atoms with van der Waals surface area (Å²) in [5, 5.41) is 15.4. The van der Waals surface area contributed by atoms with Crippen molar-refractivity contribution in [1.29, 1.82) is 0 Å². The molecule has 8 heterocycles. The molecular weight excluding hydrogens is 1340 g/mol. The van der Waals surface area contributed by atoms with Crippen molar-refractivity contribution < 1.29 is 57.1 Å². The summed E-state index contributed by atoms with van der Waals surface area (Å²) in [5.74, 6) is 1.03. The van der Waals surface area contributed by atoms with Gasteiger partial charge in [0.15, 0.2) is 23.3 Å². The highest BCUT2D eigenvalue weighted by molar-refractivity contribution is 6.13. The molecule has 8 aromatic heterocycles. The third-order valence-corrected chi connectivity index (χ3v) is 17.1. The van der Waals surface area contributed by atoms with Crippen LogP contribution in [0.2, 0.25) is 0 Å². The first-order valence-corrected chi connectivity index (χ1v) is 35.7. The van der Waals surface area contributed by atoms with E-state index in [1.165, 1.54) is 0 Å². The number of carbonyl (C=O) groups excluding carboxylic acids is 4. The second-order valence-electron chi connectivity index (χ2n) is 28.0. The Morgan fingerprint density at radius 2 is 0.533 bits per heavy atom. The number of aromatic nitrogens is 12. The van der Waals surface area contributed by atoms with Gasteiger partial charge in [-0.2, -0.15) is 0 Å². The summed E-state index contributed by atoms with van der Waals surface area (Å²) in [5.41, 5.74) is 7.65. The zero-order valence-corrected chi connectivity index (χ0v) is 60.8. The van der Waals surface area contributed by atoms with Crippen molar-refractivity contribution >= 4 is 135 Å². The number of hydrogen-bond acceptors (Lipinski definition) is 20. The molecule has 0 saturated carbocycles. The average molecular weight is 1430 g/mol. The molecule has 4 amide bonds.